The number of hydrogen-bond donors (Lipinski definition) is 1. The highest BCUT2D eigenvalue weighted by molar-refractivity contribution is 7.19. The van der Waals surface area contributed by atoms with Crippen molar-refractivity contribution in [3.63, 3.8) is 0 Å². The topological polar surface area (TPSA) is 71.6 Å². The molecule has 3 aromatic rings. The van der Waals surface area contributed by atoms with Crippen molar-refractivity contribution < 1.29 is 4.79 Å². The summed E-state index contributed by atoms with van der Waals surface area (Å²) in [5, 5.41) is 7.41. The van der Waals surface area contributed by atoms with Crippen molar-refractivity contribution in [2.24, 2.45) is 0 Å². The molecule has 3 aromatic heterocycles. The molecule has 0 aliphatic carbocycles. The molecule has 4 rings (SSSR count). The second kappa shape index (κ2) is 8.05. The molecule has 1 N–H and O–H groups in total. The molecule has 1 amide bonds. The number of carbonyl (C=O) groups excluding carboxylic acids is 1. The third kappa shape index (κ3) is 3.71. The number of nitrogens with zero attached hydrogens (tertiary/aromatic N) is 4. The summed E-state index contributed by atoms with van der Waals surface area (Å²) in [4.78, 5) is 28.9. The zero-order chi connectivity index (χ0) is 19.7. The molecule has 150 valence electrons. The lowest BCUT2D eigenvalue weighted by Crippen LogP contribution is -2.36. The van der Waals surface area contributed by atoms with Gasteiger partial charge in [-0.3, -0.25) is 14.0 Å². The predicted molar refractivity (Wildman–Crippen MR) is 112 cm³/mol. The van der Waals surface area contributed by atoms with Crippen molar-refractivity contribution in [2.75, 3.05) is 26.2 Å². The van der Waals surface area contributed by atoms with Gasteiger partial charge in [0, 0.05) is 17.8 Å². The van der Waals surface area contributed by atoms with Gasteiger partial charge in [-0.15, -0.1) is 11.3 Å². The fraction of sp³-hybridized carbons (Fsp3) is 0.550. The van der Waals surface area contributed by atoms with Crippen molar-refractivity contribution >= 4 is 33.0 Å². The van der Waals surface area contributed by atoms with E-state index < -0.39 is 0 Å². The number of thiophene rings is 1. The van der Waals surface area contributed by atoms with Crippen LogP contribution in [0.2, 0.25) is 0 Å². The van der Waals surface area contributed by atoms with Crippen LogP contribution in [0.1, 0.15) is 36.9 Å². The molecule has 1 saturated heterocycles. The molecular weight excluding hydrogens is 374 g/mol. The number of rotatable bonds is 7. The summed E-state index contributed by atoms with van der Waals surface area (Å²) in [6.07, 6.45) is 4.18. The van der Waals surface area contributed by atoms with Gasteiger partial charge in [0.05, 0.1) is 10.2 Å². The molecule has 0 atom stereocenters. The van der Waals surface area contributed by atoms with Crippen LogP contribution in [0.15, 0.2) is 16.9 Å². The van der Waals surface area contributed by atoms with Crippen molar-refractivity contribution in [3.8, 4) is 0 Å². The highest BCUT2D eigenvalue weighted by atomic mass is 32.1. The van der Waals surface area contributed by atoms with Crippen LogP contribution in [0.4, 0.5) is 0 Å². The molecule has 1 aliphatic rings. The molecule has 0 saturated carbocycles. The van der Waals surface area contributed by atoms with Crippen LogP contribution >= 0.6 is 11.3 Å². The lowest BCUT2D eigenvalue weighted by molar-refractivity contribution is -0.121. The number of carbonyl (C=O) groups is 1. The molecule has 28 heavy (non-hydrogen) atoms. The molecule has 0 radical (unpaired) electrons. The van der Waals surface area contributed by atoms with Crippen molar-refractivity contribution in [1.29, 1.82) is 0 Å². The van der Waals surface area contributed by atoms with E-state index in [2.05, 4.69) is 28.3 Å². The Morgan fingerprint density at radius 2 is 2.04 bits per heavy atom. The monoisotopic (exact) mass is 401 g/mol. The van der Waals surface area contributed by atoms with E-state index in [1.807, 2.05) is 17.4 Å². The van der Waals surface area contributed by atoms with E-state index in [1.54, 1.807) is 11.3 Å². The second-order valence-electron chi connectivity index (χ2n) is 7.46. The first-order chi connectivity index (χ1) is 13.6. The van der Waals surface area contributed by atoms with E-state index in [1.165, 1.54) is 35.5 Å². The maximum atomic E-state index is 12.9. The van der Waals surface area contributed by atoms with E-state index in [4.69, 9.17) is 0 Å². The molecule has 4 heterocycles. The summed E-state index contributed by atoms with van der Waals surface area (Å²) in [5.74, 6) is 0.635. The fourth-order valence-electron chi connectivity index (χ4n) is 3.98. The third-order valence-electron chi connectivity index (χ3n) is 5.34. The predicted octanol–water partition coefficient (Wildman–Crippen LogP) is 2.18. The van der Waals surface area contributed by atoms with Crippen molar-refractivity contribution in [1.82, 2.24) is 24.4 Å². The molecule has 0 bridgehead atoms. The van der Waals surface area contributed by atoms with Crippen LogP contribution < -0.4 is 10.9 Å². The minimum absolute atomic E-state index is 0.0378. The highest BCUT2D eigenvalue weighted by Crippen LogP contribution is 2.28. The smallest absolute Gasteiger partial charge is 0.291 e. The molecular formula is C20H27N5O2S. The van der Waals surface area contributed by atoms with Crippen molar-refractivity contribution in [2.45, 2.75) is 46.1 Å². The molecule has 8 heteroatoms. The van der Waals surface area contributed by atoms with Crippen LogP contribution in [-0.4, -0.2) is 51.2 Å². The van der Waals surface area contributed by atoms with Crippen LogP contribution in [0.25, 0.3) is 15.7 Å². The number of likely N-dealkylation sites (tertiary alicyclic amines) is 1. The average molecular weight is 402 g/mol. The Morgan fingerprint density at radius 1 is 1.25 bits per heavy atom. The fourth-order valence-corrected chi connectivity index (χ4v) is 4.92. The minimum Gasteiger partial charge on any atom is -0.354 e. The average Bonchev–Trinajstić information content (AvgIpc) is 3.37. The van der Waals surface area contributed by atoms with E-state index in [-0.39, 0.29) is 18.0 Å². The summed E-state index contributed by atoms with van der Waals surface area (Å²) < 4.78 is 4.32. The van der Waals surface area contributed by atoms with Gasteiger partial charge in [0.1, 0.15) is 17.9 Å². The second-order valence-corrected chi connectivity index (χ2v) is 8.74. The minimum atomic E-state index is -0.217. The van der Waals surface area contributed by atoms with Gasteiger partial charge in [-0.05, 0) is 58.0 Å². The van der Waals surface area contributed by atoms with E-state index in [0.29, 0.717) is 18.5 Å². The molecule has 0 unspecified atom stereocenters. The zero-order valence-corrected chi connectivity index (χ0v) is 17.3. The maximum absolute atomic E-state index is 12.9. The molecule has 1 fully saturated rings. The normalized spacial score (nSPS) is 15.1. The summed E-state index contributed by atoms with van der Waals surface area (Å²) in [7, 11) is 0. The van der Waals surface area contributed by atoms with E-state index in [0.717, 1.165) is 29.0 Å². The lowest BCUT2D eigenvalue weighted by Gasteiger charge is -2.14. The summed E-state index contributed by atoms with van der Waals surface area (Å²) in [5.41, 5.74) is 1.40. The summed E-state index contributed by atoms with van der Waals surface area (Å²) >= 11 is 1.67. The van der Waals surface area contributed by atoms with Crippen molar-refractivity contribution in [3.05, 3.63) is 33.2 Å². The standard InChI is InChI=1S/C20H27N5O2S/c1-3-18-22-24(13-19(26)21-7-6-10-23-8-4-5-9-23)20(27)16-12-17-15(25(16)18)11-14(2)28-17/h11-12H,3-10,13H2,1-2H3,(H,21,26). The number of amides is 1. The Labute approximate surface area is 167 Å². The number of fused-ring (bicyclic) bond motifs is 3. The molecule has 7 nitrogen and oxygen atoms in total. The summed E-state index contributed by atoms with van der Waals surface area (Å²) in [6.45, 7) is 8.02. The number of nitrogens with one attached hydrogen (secondary N) is 1. The highest BCUT2D eigenvalue weighted by Gasteiger charge is 2.16. The van der Waals surface area contributed by atoms with Gasteiger partial charge in [0.2, 0.25) is 5.91 Å². The van der Waals surface area contributed by atoms with Gasteiger partial charge in [0.15, 0.2) is 0 Å². The quantitative estimate of drug-likeness (QED) is 0.616. The van der Waals surface area contributed by atoms with Crippen LogP contribution in [0, 0.1) is 6.92 Å². The van der Waals surface area contributed by atoms with Crippen LogP contribution in [-0.2, 0) is 17.8 Å². The zero-order valence-electron chi connectivity index (χ0n) is 16.5. The molecule has 0 aromatic carbocycles. The SMILES string of the molecule is CCc1nn(CC(=O)NCCCN2CCCC2)c(=O)c2cc3sc(C)cc3n12. The Hall–Kier alpha value is -2.19. The summed E-state index contributed by atoms with van der Waals surface area (Å²) in [6, 6.07) is 4.01. The van der Waals surface area contributed by atoms with Crippen LogP contribution in [0.3, 0.4) is 0 Å². The van der Waals surface area contributed by atoms with Gasteiger partial charge in [-0.1, -0.05) is 6.92 Å². The van der Waals surface area contributed by atoms with Gasteiger partial charge >= 0.3 is 0 Å². The van der Waals surface area contributed by atoms with E-state index >= 15 is 0 Å². The number of aromatic nitrogens is 3. The largest absolute Gasteiger partial charge is 0.354 e. The van der Waals surface area contributed by atoms with Crippen LogP contribution in [0.5, 0.6) is 0 Å². The number of aryl methyl sites for hydroxylation is 2. The van der Waals surface area contributed by atoms with Gasteiger partial charge in [0.25, 0.3) is 5.56 Å². The first-order valence-corrected chi connectivity index (χ1v) is 10.9. The third-order valence-corrected chi connectivity index (χ3v) is 6.33. The maximum Gasteiger partial charge on any atom is 0.291 e. The van der Waals surface area contributed by atoms with Gasteiger partial charge in [-0.25, -0.2) is 4.68 Å². The lowest BCUT2D eigenvalue weighted by atomic mass is 10.4. The van der Waals surface area contributed by atoms with Gasteiger partial charge < -0.3 is 10.2 Å². The molecule has 0 spiro atoms. The Balaban J connectivity index is 1.48. The first-order valence-electron chi connectivity index (χ1n) is 10.1. The van der Waals surface area contributed by atoms with Gasteiger partial charge in [-0.2, -0.15) is 5.10 Å². The Bertz CT molecular complexity index is 1060. The first kappa shape index (κ1) is 19.1. The number of hydrogen-bond acceptors (Lipinski definition) is 5. The Morgan fingerprint density at radius 3 is 2.79 bits per heavy atom. The van der Waals surface area contributed by atoms with E-state index in [9.17, 15) is 9.59 Å². The molecule has 1 aliphatic heterocycles. The Kier molecular flexibility index (Phi) is 5.50.